The third kappa shape index (κ3) is 10.2. The minimum Gasteiger partial charge on any atom is -0.477 e. The summed E-state index contributed by atoms with van der Waals surface area (Å²) in [6, 6.07) is 0. The van der Waals surface area contributed by atoms with Gasteiger partial charge in [-0.25, -0.2) is 9.59 Å². The molecule has 0 aromatic heterocycles. The average molecular weight is 863 g/mol. The molecule has 4 fully saturated rings. The molecular weight excluding hydrogens is 800 g/mol. The van der Waals surface area contributed by atoms with E-state index in [2.05, 4.69) is 0 Å². The lowest BCUT2D eigenvalue weighted by atomic mass is 9.82. The summed E-state index contributed by atoms with van der Waals surface area (Å²) in [4.78, 5) is 25.4. The Balaban J connectivity index is 1.61. The second-order valence-corrected chi connectivity index (χ2v) is 16.5. The van der Waals surface area contributed by atoms with Crippen molar-refractivity contribution in [3.8, 4) is 0 Å². The standard InChI is InChI=1S/C36H62O23/c1-12(2)27-15(5)28(25(47)21(54-27)11-53-35(33(49)50)6-16(40)13(3)29(57-35)22(44)18(42)8-37)56-32-26(48)31(24(46)20(10-39)55-32)59-36(34(51)52)7-17(41)14(4)30(58-36)23(45)19(43)9-38/h12-32,37-48H,6-11H2,1-5H3,(H,49,50)(H,51,52)/t13-,14-,15-,16-,17-,18-,19-,20?,21?,22+,23+,24+,25?,26?,27?,28-,29?,30?,31+,32+,35-,36+/m1/s1. The minimum atomic E-state index is -2.91. The highest BCUT2D eigenvalue weighted by Gasteiger charge is 2.60. The molecule has 0 aromatic carbocycles. The molecule has 0 bridgehead atoms. The highest BCUT2D eigenvalue weighted by atomic mass is 16.8. The van der Waals surface area contributed by atoms with Crippen LogP contribution in [-0.2, 0) is 42.7 Å². The van der Waals surface area contributed by atoms with Crippen LogP contribution in [0.5, 0.6) is 0 Å². The zero-order chi connectivity index (χ0) is 44.5. The Labute approximate surface area is 339 Å². The first-order valence-corrected chi connectivity index (χ1v) is 19.6. The van der Waals surface area contributed by atoms with Crippen LogP contribution >= 0.6 is 0 Å². The molecule has 0 aromatic rings. The third-order valence-corrected chi connectivity index (χ3v) is 12.0. The third-order valence-electron chi connectivity index (χ3n) is 12.0. The molecular formula is C36H62O23. The van der Waals surface area contributed by atoms with Gasteiger partial charge in [-0.3, -0.25) is 0 Å². The van der Waals surface area contributed by atoms with Gasteiger partial charge in [0.1, 0.15) is 61.0 Å². The predicted molar refractivity (Wildman–Crippen MR) is 190 cm³/mol. The Morgan fingerprint density at radius 1 is 0.661 bits per heavy atom. The van der Waals surface area contributed by atoms with Gasteiger partial charge in [-0.05, 0) is 5.92 Å². The predicted octanol–water partition coefficient (Wildman–Crippen LogP) is -5.81. The molecule has 0 saturated carbocycles. The van der Waals surface area contributed by atoms with Crippen molar-refractivity contribution in [1.82, 2.24) is 0 Å². The monoisotopic (exact) mass is 862 g/mol. The number of carbonyl (C=O) groups is 2. The smallest absolute Gasteiger partial charge is 0.364 e. The van der Waals surface area contributed by atoms with Crippen LogP contribution in [0.3, 0.4) is 0 Å². The summed E-state index contributed by atoms with van der Waals surface area (Å²) < 4.78 is 40.8. The van der Waals surface area contributed by atoms with Gasteiger partial charge in [0.2, 0.25) is 0 Å². The number of carboxylic acids is 2. The number of hydrogen-bond donors (Lipinski definition) is 14. The number of aliphatic hydroxyl groups is 12. The number of carboxylic acid groups (broad SMARTS) is 2. The van der Waals surface area contributed by atoms with Crippen LogP contribution in [0, 0.1) is 23.7 Å². The van der Waals surface area contributed by atoms with Gasteiger partial charge in [0.25, 0.3) is 11.6 Å². The van der Waals surface area contributed by atoms with E-state index in [4.69, 9.17) is 33.2 Å². The lowest BCUT2D eigenvalue weighted by Gasteiger charge is -2.51. The van der Waals surface area contributed by atoms with Gasteiger partial charge >= 0.3 is 11.9 Å². The van der Waals surface area contributed by atoms with Gasteiger partial charge in [-0.1, -0.05) is 34.6 Å². The van der Waals surface area contributed by atoms with Crippen molar-refractivity contribution in [3.05, 3.63) is 0 Å². The van der Waals surface area contributed by atoms with Crippen molar-refractivity contribution in [2.24, 2.45) is 23.7 Å². The number of rotatable bonds is 17. The fraction of sp³-hybridized carbons (Fsp3) is 0.944. The highest BCUT2D eigenvalue weighted by molar-refractivity contribution is 5.76. The molecule has 344 valence electrons. The summed E-state index contributed by atoms with van der Waals surface area (Å²) in [7, 11) is 0. The van der Waals surface area contributed by atoms with Crippen molar-refractivity contribution in [3.63, 3.8) is 0 Å². The highest BCUT2D eigenvalue weighted by Crippen LogP contribution is 2.42. The minimum absolute atomic E-state index is 0.312. The summed E-state index contributed by atoms with van der Waals surface area (Å²) in [6.45, 7) is 4.37. The number of aliphatic hydroxyl groups excluding tert-OH is 12. The average Bonchev–Trinajstić information content (AvgIpc) is 3.19. The molecule has 4 saturated heterocycles. The molecule has 0 aliphatic carbocycles. The molecule has 22 atom stereocenters. The van der Waals surface area contributed by atoms with Gasteiger partial charge in [-0.2, -0.15) is 0 Å². The van der Waals surface area contributed by atoms with E-state index >= 15 is 0 Å². The van der Waals surface area contributed by atoms with Crippen LogP contribution in [0.2, 0.25) is 0 Å². The van der Waals surface area contributed by atoms with Gasteiger partial charge in [0, 0.05) is 30.6 Å². The van der Waals surface area contributed by atoms with E-state index in [0.717, 1.165) is 0 Å². The van der Waals surface area contributed by atoms with E-state index in [1.807, 2.05) is 0 Å². The van der Waals surface area contributed by atoms with Crippen molar-refractivity contribution < 1.29 is 114 Å². The van der Waals surface area contributed by atoms with Crippen LogP contribution in [-0.4, -0.2) is 225 Å². The fourth-order valence-electron chi connectivity index (χ4n) is 8.20. The zero-order valence-corrected chi connectivity index (χ0v) is 33.3. The van der Waals surface area contributed by atoms with Crippen LogP contribution in [0.4, 0.5) is 0 Å². The molecule has 7 unspecified atom stereocenters. The second-order valence-electron chi connectivity index (χ2n) is 16.5. The Bertz CT molecular complexity index is 1380. The molecule has 23 nitrogen and oxygen atoms in total. The van der Waals surface area contributed by atoms with Crippen LogP contribution in [0.1, 0.15) is 47.5 Å². The Kier molecular flexibility index (Phi) is 17.0. The van der Waals surface area contributed by atoms with Crippen molar-refractivity contribution >= 4 is 11.9 Å². The maximum absolute atomic E-state index is 12.8. The number of hydrogen-bond acceptors (Lipinski definition) is 21. The van der Waals surface area contributed by atoms with Crippen molar-refractivity contribution in [2.75, 3.05) is 26.4 Å². The van der Waals surface area contributed by atoms with Crippen LogP contribution in [0.25, 0.3) is 0 Å². The van der Waals surface area contributed by atoms with Crippen LogP contribution in [0.15, 0.2) is 0 Å². The molecule has 4 aliphatic heterocycles. The van der Waals surface area contributed by atoms with E-state index in [1.54, 1.807) is 20.8 Å². The van der Waals surface area contributed by atoms with Gasteiger partial charge < -0.3 is 105 Å². The molecule has 0 amide bonds. The zero-order valence-electron chi connectivity index (χ0n) is 33.3. The van der Waals surface area contributed by atoms with E-state index in [9.17, 15) is 81.1 Å². The Morgan fingerprint density at radius 2 is 1.14 bits per heavy atom. The maximum Gasteiger partial charge on any atom is 0.364 e. The topological polar surface area (TPSA) is 382 Å². The largest absolute Gasteiger partial charge is 0.477 e. The van der Waals surface area contributed by atoms with Crippen molar-refractivity contribution in [2.45, 2.75) is 163 Å². The molecule has 14 N–H and O–H groups in total. The molecule has 59 heavy (non-hydrogen) atoms. The van der Waals surface area contributed by atoms with Crippen molar-refractivity contribution in [1.29, 1.82) is 0 Å². The van der Waals surface area contributed by atoms with E-state index in [1.165, 1.54) is 13.8 Å². The molecule has 0 spiro atoms. The molecule has 4 heterocycles. The summed E-state index contributed by atoms with van der Waals surface area (Å²) in [5.74, 6) is -12.2. The number of ether oxygens (including phenoxy) is 7. The van der Waals surface area contributed by atoms with E-state index in [0.29, 0.717) is 0 Å². The van der Waals surface area contributed by atoms with Gasteiger partial charge in [0.05, 0.1) is 63.1 Å². The van der Waals surface area contributed by atoms with Gasteiger partial charge in [0.15, 0.2) is 6.29 Å². The lowest BCUT2D eigenvalue weighted by Crippen LogP contribution is -2.68. The first-order valence-electron chi connectivity index (χ1n) is 19.6. The first kappa shape index (κ1) is 49.8. The first-order chi connectivity index (χ1) is 27.5. The molecule has 23 heteroatoms. The number of aliphatic carboxylic acids is 2. The summed E-state index contributed by atoms with van der Waals surface area (Å²) in [5.41, 5.74) is 0. The fourth-order valence-corrected chi connectivity index (χ4v) is 8.20. The summed E-state index contributed by atoms with van der Waals surface area (Å²) in [5, 5.41) is 147. The van der Waals surface area contributed by atoms with E-state index in [-0.39, 0.29) is 5.92 Å². The summed E-state index contributed by atoms with van der Waals surface area (Å²) in [6.07, 6.45) is -30.1. The Morgan fingerprint density at radius 3 is 1.59 bits per heavy atom. The Hall–Kier alpha value is -1.82. The van der Waals surface area contributed by atoms with Gasteiger partial charge in [-0.15, -0.1) is 0 Å². The van der Waals surface area contributed by atoms with Crippen LogP contribution < -0.4 is 0 Å². The normalized spacial score (nSPS) is 45.4. The van der Waals surface area contributed by atoms with E-state index < -0.39 is 184 Å². The second kappa shape index (κ2) is 20.1. The lowest BCUT2D eigenvalue weighted by molar-refractivity contribution is -0.383. The molecule has 4 aliphatic rings. The summed E-state index contributed by atoms with van der Waals surface area (Å²) >= 11 is 0. The SMILES string of the molecule is CC(C)C1OC(CO[C@]2(C(=O)O)C[C@@H](O)[C@@H](C)C([C@@H](O)[C@H](O)CO)O2)C(O)[C@H](O[C@@H]2OC(CO)[C@H](O)[C@H](O[C@]3(C(=O)O)C[C@@H](O)[C@@H](C)C([C@@H](O)[C@H](O)CO)O3)C2O)[C@@H]1C. The molecule has 4 rings (SSSR count). The quantitative estimate of drug-likeness (QED) is 0.0647. The molecule has 0 radical (unpaired) electrons. The maximum atomic E-state index is 12.8.